The van der Waals surface area contributed by atoms with E-state index >= 15 is 0 Å². The summed E-state index contributed by atoms with van der Waals surface area (Å²) in [6, 6.07) is 1.21. The van der Waals surface area contributed by atoms with Crippen LogP contribution in [0.5, 0.6) is 0 Å². The van der Waals surface area contributed by atoms with Gasteiger partial charge in [-0.2, -0.15) is 0 Å². The summed E-state index contributed by atoms with van der Waals surface area (Å²) < 4.78 is 0. The van der Waals surface area contributed by atoms with Crippen molar-refractivity contribution in [3.05, 3.63) is 0 Å². The summed E-state index contributed by atoms with van der Waals surface area (Å²) in [6.45, 7) is 2.79. The van der Waals surface area contributed by atoms with Crippen molar-refractivity contribution in [3.8, 4) is 11.8 Å². The van der Waals surface area contributed by atoms with E-state index in [1.165, 1.54) is 12.8 Å². The van der Waals surface area contributed by atoms with Gasteiger partial charge in [0.2, 0.25) is 0 Å². The van der Waals surface area contributed by atoms with Gasteiger partial charge < -0.3 is 5.11 Å². The van der Waals surface area contributed by atoms with Crippen molar-refractivity contribution in [2.75, 3.05) is 6.54 Å². The molecule has 2 nitrogen and oxygen atoms in total. The normalized spacial score (nSPS) is 38.5. The predicted molar refractivity (Wildman–Crippen MR) is 52.2 cm³/mol. The molecule has 2 aliphatic heterocycles. The minimum absolute atomic E-state index is 0.0525. The average molecular weight is 179 g/mol. The van der Waals surface area contributed by atoms with Crippen LogP contribution in [0.1, 0.15) is 32.6 Å². The molecule has 0 amide bonds. The third kappa shape index (κ3) is 1.72. The molecule has 2 unspecified atom stereocenters. The molecule has 2 heterocycles. The minimum atomic E-state index is -0.0525. The zero-order chi connectivity index (χ0) is 9.26. The molecule has 0 aromatic carbocycles. The number of hydrogen-bond acceptors (Lipinski definition) is 2. The van der Waals surface area contributed by atoms with Crippen LogP contribution in [0.2, 0.25) is 0 Å². The van der Waals surface area contributed by atoms with Gasteiger partial charge in [-0.25, -0.2) is 0 Å². The van der Waals surface area contributed by atoms with Gasteiger partial charge in [-0.05, 0) is 32.6 Å². The van der Waals surface area contributed by atoms with Crippen molar-refractivity contribution in [2.45, 2.75) is 50.8 Å². The Hall–Kier alpha value is -0.520. The summed E-state index contributed by atoms with van der Waals surface area (Å²) in [5.74, 6) is 6.07. The van der Waals surface area contributed by atoms with E-state index in [0.29, 0.717) is 12.1 Å². The molecule has 2 rings (SSSR count). The largest absolute Gasteiger partial charge is 0.393 e. The number of aliphatic hydroxyl groups is 1. The lowest BCUT2D eigenvalue weighted by Gasteiger charge is -2.35. The van der Waals surface area contributed by atoms with Crippen LogP contribution in [0.25, 0.3) is 0 Å². The maximum Gasteiger partial charge on any atom is 0.0606 e. The summed E-state index contributed by atoms with van der Waals surface area (Å²) in [5, 5.41) is 9.57. The van der Waals surface area contributed by atoms with Gasteiger partial charge in [0.15, 0.2) is 0 Å². The zero-order valence-electron chi connectivity index (χ0n) is 8.16. The predicted octanol–water partition coefficient (Wildman–Crippen LogP) is 0.997. The van der Waals surface area contributed by atoms with E-state index in [9.17, 15) is 5.11 Å². The number of nitrogens with zero attached hydrogens (tertiary/aromatic N) is 1. The van der Waals surface area contributed by atoms with Crippen molar-refractivity contribution < 1.29 is 5.11 Å². The fraction of sp³-hybridized carbons (Fsp3) is 0.818. The fourth-order valence-corrected chi connectivity index (χ4v) is 2.67. The SMILES string of the molecule is CC#CCN1C2CCC1CC(O)C2. The van der Waals surface area contributed by atoms with Crippen LogP contribution in [0.3, 0.4) is 0 Å². The molecule has 1 N–H and O–H groups in total. The first-order chi connectivity index (χ1) is 6.31. The summed E-state index contributed by atoms with van der Waals surface area (Å²) in [7, 11) is 0. The third-order valence-electron chi connectivity index (χ3n) is 3.30. The van der Waals surface area contributed by atoms with Crippen LogP contribution in [0.4, 0.5) is 0 Å². The molecule has 0 aromatic heterocycles. The van der Waals surface area contributed by atoms with E-state index in [1.54, 1.807) is 0 Å². The van der Waals surface area contributed by atoms with Crippen LogP contribution in [0.15, 0.2) is 0 Å². The number of rotatable bonds is 1. The van der Waals surface area contributed by atoms with E-state index in [0.717, 1.165) is 19.4 Å². The standard InChI is InChI=1S/C11H17NO/c1-2-3-6-12-9-4-5-10(12)8-11(13)7-9/h9-11,13H,4-8H2,1H3. The Labute approximate surface area is 79.9 Å². The second-order valence-electron chi connectivity index (χ2n) is 4.11. The molecule has 0 aromatic rings. The second kappa shape index (κ2) is 3.69. The van der Waals surface area contributed by atoms with Crippen molar-refractivity contribution in [1.29, 1.82) is 0 Å². The molecule has 0 saturated carbocycles. The lowest BCUT2D eigenvalue weighted by molar-refractivity contribution is 0.0432. The Kier molecular flexibility index (Phi) is 2.57. The minimum Gasteiger partial charge on any atom is -0.393 e. The van der Waals surface area contributed by atoms with Gasteiger partial charge in [0, 0.05) is 12.1 Å². The van der Waals surface area contributed by atoms with Crippen molar-refractivity contribution in [3.63, 3.8) is 0 Å². The molecule has 2 saturated heterocycles. The van der Waals surface area contributed by atoms with Gasteiger partial charge >= 0.3 is 0 Å². The average Bonchev–Trinajstić information content (AvgIpc) is 2.33. The molecule has 13 heavy (non-hydrogen) atoms. The molecule has 0 radical (unpaired) electrons. The third-order valence-corrected chi connectivity index (χ3v) is 3.30. The zero-order valence-corrected chi connectivity index (χ0v) is 8.16. The number of fused-ring (bicyclic) bond motifs is 2. The van der Waals surface area contributed by atoms with E-state index in [2.05, 4.69) is 16.7 Å². The summed E-state index contributed by atoms with van der Waals surface area (Å²) in [5.41, 5.74) is 0. The monoisotopic (exact) mass is 179 g/mol. The van der Waals surface area contributed by atoms with Crippen LogP contribution in [-0.4, -0.2) is 34.7 Å². The van der Waals surface area contributed by atoms with Crippen molar-refractivity contribution in [1.82, 2.24) is 4.90 Å². The van der Waals surface area contributed by atoms with Gasteiger partial charge in [-0.3, -0.25) is 4.90 Å². The van der Waals surface area contributed by atoms with Gasteiger partial charge in [0.05, 0.1) is 12.6 Å². The number of piperidine rings is 1. The molecule has 72 valence electrons. The molecule has 2 heteroatoms. The van der Waals surface area contributed by atoms with E-state index in [4.69, 9.17) is 0 Å². The van der Waals surface area contributed by atoms with Gasteiger partial charge in [-0.15, -0.1) is 5.92 Å². The summed E-state index contributed by atoms with van der Waals surface area (Å²) >= 11 is 0. The second-order valence-corrected chi connectivity index (χ2v) is 4.11. The summed E-state index contributed by atoms with van der Waals surface area (Å²) in [6.07, 6.45) is 4.38. The number of aliphatic hydroxyl groups excluding tert-OH is 1. The maximum absolute atomic E-state index is 9.57. The van der Waals surface area contributed by atoms with E-state index in [1.807, 2.05) is 6.92 Å². The quantitative estimate of drug-likeness (QED) is 0.607. The van der Waals surface area contributed by atoms with Crippen LogP contribution in [-0.2, 0) is 0 Å². The molecule has 2 atom stereocenters. The molecule has 2 aliphatic rings. The molecule has 2 fully saturated rings. The molecular formula is C11H17NO. The Bertz CT molecular complexity index is 226. The molecule has 2 bridgehead atoms. The highest BCUT2D eigenvalue weighted by Crippen LogP contribution is 2.35. The fourth-order valence-electron chi connectivity index (χ4n) is 2.67. The maximum atomic E-state index is 9.57. The highest BCUT2D eigenvalue weighted by atomic mass is 16.3. The first kappa shape index (κ1) is 9.05. The Morgan fingerprint density at radius 3 is 2.46 bits per heavy atom. The Morgan fingerprint density at radius 2 is 1.92 bits per heavy atom. The number of hydrogen-bond donors (Lipinski definition) is 1. The molecule has 0 spiro atoms. The lowest BCUT2D eigenvalue weighted by atomic mass is 10.0. The van der Waals surface area contributed by atoms with Gasteiger partial charge in [-0.1, -0.05) is 5.92 Å². The highest BCUT2D eigenvalue weighted by molar-refractivity contribution is 5.04. The van der Waals surface area contributed by atoms with Crippen molar-refractivity contribution >= 4 is 0 Å². The van der Waals surface area contributed by atoms with Crippen LogP contribution in [0, 0.1) is 11.8 Å². The first-order valence-corrected chi connectivity index (χ1v) is 5.14. The Morgan fingerprint density at radius 1 is 1.31 bits per heavy atom. The van der Waals surface area contributed by atoms with Crippen LogP contribution < -0.4 is 0 Å². The molecular weight excluding hydrogens is 162 g/mol. The van der Waals surface area contributed by atoms with E-state index in [-0.39, 0.29) is 6.10 Å². The van der Waals surface area contributed by atoms with Crippen molar-refractivity contribution in [2.24, 2.45) is 0 Å². The first-order valence-electron chi connectivity index (χ1n) is 5.14. The smallest absolute Gasteiger partial charge is 0.0606 e. The highest BCUT2D eigenvalue weighted by Gasteiger charge is 2.39. The van der Waals surface area contributed by atoms with E-state index < -0.39 is 0 Å². The van der Waals surface area contributed by atoms with Gasteiger partial charge in [0.25, 0.3) is 0 Å². The topological polar surface area (TPSA) is 23.5 Å². The lowest BCUT2D eigenvalue weighted by Crippen LogP contribution is -2.44. The molecule has 0 aliphatic carbocycles. The summed E-state index contributed by atoms with van der Waals surface area (Å²) in [4.78, 5) is 2.48. The van der Waals surface area contributed by atoms with Gasteiger partial charge in [0.1, 0.15) is 0 Å². The Balaban J connectivity index is 2.00. The van der Waals surface area contributed by atoms with Crippen LogP contribution >= 0.6 is 0 Å².